The van der Waals surface area contributed by atoms with Gasteiger partial charge < -0.3 is 10.1 Å². The van der Waals surface area contributed by atoms with Crippen LogP contribution in [0.15, 0.2) is 60.8 Å². The van der Waals surface area contributed by atoms with E-state index in [9.17, 15) is 9.18 Å². The van der Waals surface area contributed by atoms with Crippen molar-refractivity contribution in [3.8, 4) is 11.4 Å². The van der Waals surface area contributed by atoms with Crippen LogP contribution in [-0.2, 0) is 4.79 Å². The molecular weight excluding hydrogens is 453 g/mol. The van der Waals surface area contributed by atoms with Gasteiger partial charge >= 0.3 is 0 Å². The predicted octanol–water partition coefficient (Wildman–Crippen LogP) is 6.51. The molecule has 36 heavy (non-hydrogen) atoms. The van der Waals surface area contributed by atoms with Crippen molar-refractivity contribution in [1.82, 2.24) is 15.1 Å². The zero-order valence-electron chi connectivity index (χ0n) is 21.4. The molecule has 0 spiro atoms. The van der Waals surface area contributed by atoms with Gasteiger partial charge in [-0.1, -0.05) is 19.1 Å². The molecule has 3 aromatic carbocycles. The lowest BCUT2D eigenvalue weighted by Crippen LogP contribution is -2.42. The van der Waals surface area contributed by atoms with Gasteiger partial charge in [-0.25, -0.2) is 9.07 Å². The number of nitrogens with one attached hydrogen (secondary N) is 1. The molecule has 1 saturated carbocycles. The molecule has 1 heterocycles. The number of nitrogens with zero attached hydrogens (tertiary/aromatic N) is 2. The summed E-state index contributed by atoms with van der Waals surface area (Å²) in [6.45, 7) is 10.3. The number of fused-ring (bicyclic) bond motifs is 1. The van der Waals surface area contributed by atoms with Gasteiger partial charge in [0.05, 0.1) is 23.4 Å². The van der Waals surface area contributed by atoms with Crippen molar-refractivity contribution in [3.05, 3.63) is 88.9 Å². The summed E-state index contributed by atoms with van der Waals surface area (Å²) in [5.74, 6) is 0.499. The SMILES string of the molecule is Cc1cc(C)c([C@H](Oc2ccc3c(cnn3-c3ccc(F)cc3)c2)[C@H](C)NC(=O)C2(C)CC2)cc1C. The fourth-order valence-corrected chi connectivity index (χ4v) is 4.61. The highest BCUT2D eigenvalue weighted by atomic mass is 19.1. The maximum Gasteiger partial charge on any atom is 0.226 e. The number of rotatable bonds is 7. The Labute approximate surface area is 211 Å². The number of ether oxygens (including phenoxy) is 1. The van der Waals surface area contributed by atoms with Gasteiger partial charge in [0.1, 0.15) is 17.7 Å². The minimum atomic E-state index is -0.361. The predicted molar refractivity (Wildman–Crippen MR) is 140 cm³/mol. The average molecular weight is 486 g/mol. The number of amides is 1. The lowest BCUT2D eigenvalue weighted by Gasteiger charge is -2.29. The first-order valence-electron chi connectivity index (χ1n) is 12.4. The number of aryl methyl sites for hydroxylation is 3. The Morgan fingerprint density at radius 1 is 1.03 bits per heavy atom. The molecule has 5 rings (SSSR count). The van der Waals surface area contributed by atoms with Crippen LogP contribution in [0.3, 0.4) is 0 Å². The summed E-state index contributed by atoms with van der Waals surface area (Å²) in [4.78, 5) is 12.9. The summed E-state index contributed by atoms with van der Waals surface area (Å²) < 4.78 is 21.8. The van der Waals surface area contributed by atoms with Gasteiger partial charge in [0.2, 0.25) is 5.91 Å². The van der Waals surface area contributed by atoms with Crippen LogP contribution < -0.4 is 10.1 Å². The number of hydrogen-bond donors (Lipinski definition) is 1. The Morgan fingerprint density at radius 2 is 1.72 bits per heavy atom. The van der Waals surface area contributed by atoms with Crippen molar-refractivity contribution in [3.63, 3.8) is 0 Å². The van der Waals surface area contributed by atoms with Gasteiger partial charge in [0.25, 0.3) is 0 Å². The first-order chi connectivity index (χ1) is 17.1. The van der Waals surface area contributed by atoms with Crippen molar-refractivity contribution >= 4 is 16.8 Å². The quantitative estimate of drug-likeness (QED) is 0.324. The molecule has 0 saturated heterocycles. The van der Waals surface area contributed by atoms with Crippen molar-refractivity contribution in [2.24, 2.45) is 5.41 Å². The lowest BCUT2D eigenvalue weighted by atomic mass is 9.93. The van der Waals surface area contributed by atoms with E-state index in [1.54, 1.807) is 23.0 Å². The van der Waals surface area contributed by atoms with Gasteiger partial charge in [-0.3, -0.25) is 4.79 Å². The Kier molecular flexibility index (Phi) is 6.07. The number of carbonyl (C=O) groups is 1. The molecule has 1 aliphatic carbocycles. The zero-order chi connectivity index (χ0) is 25.6. The first-order valence-corrected chi connectivity index (χ1v) is 12.4. The molecule has 5 nitrogen and oxygen atoms in total. The molecule has 2 atom stereocenters. The largest absolute Gasteiger partial charge is 0.484 e. The number of hydrogen-bond acceptors (Lipinski definition) is 3. The molecule has 0 radical (unpaired) electrons. The monoisotopic (exact) mass is 485 g/mol. The zero-order valence-corrected chi connectivity index (χ0v) is 21.4. The highest BCUT2D eigenvalue weighted by molar-refractivity contribution is 5.85. The lowest BCUT2D eigenvalue weighted by molar-refractivity contribution is -0.127. The van der Waals surface area contributed by atoms with Crippen molar-refractivity contribution < 1.29 is 13.9 Å². The smallest absolute Gasteiger partial charge is 0.226 e. The third-order valence-electron chi connectivity index (χ3n) is 7.42. The molecule has 1 aromatic heterocycles. The van der Waals surface area contributed by atoms with Crippen LogP contribution in [0, 0.1) is 32.0 Å². The van der Waals surface area contributed by atoms with E-state index in [-0.39, 0.29) is 29.3 Å². The van der Waals surface area contributed by atoms with E-state index in [1.165, 1.54) is 23.3 Å². The maximum atomic E-state index is 13.4. The van der Waals surface area contributed by atoms with E-state index in [1.807, 2.05) is 32.0 Å². The molecule has 1 N–H and O–H groups in total. The van der Waals surface area contributed by atoms with Crippen molar-refractivity contribution in [2.45, 2.75) is 59.6 Å². The fourth-order valence-electron chi connectivity index (χ4n) is 4.61. The summed E-state index contributed by atoms with van der Waals surface area (Å²) in [5, 5.41) is 8.63. The van der Waals surface area contributed by atoms with Crippen LogP contribution >= 0.6 is 0 Å². The molecule has 1 aliphatic rings. The van der Waals surface area contributed by atoms with E-state index in [0.717, 1.165) is 40.6 Å². The molecule has 0 unspecified atom stereocenters. The molecular formula is C30H32FN3O2. The number of carbonyl (C=O) groups excluding carboxylic acids is 1. The van der Waals surface area contributed by atoms with Gasteiger partial charge in [0.15, 0.2) is 0 Å². The summed E-state index contributed by atoms with van der Waals surface area (Å²) in [6, 6.07) is 16.2. The molecule has 6 heteroatoms. The Balaban J connectivity index is 1.47. The second-order valence-corrected chi connectivity index (χ2v) is 10.4. The highest BCUT2D eigenvalue weighted by Crippen LogP contribution is 2.45. The van der Waals surface area contributed by atoms with Crippen LogP contribution in [0.2, 0.25) is 0 Å². The molecule has 1 amide bonds. The molecule has 1 fully saturated rings. The van der Waals surface area contributed by atoms with Crippen molar-refractivity contribution in [2.75, 3.05) is 0 Å². The normalized spacial score (nSPS) is 15.9. The van der Waals surface area contributed by atoms with Crippen LogP contribution in [-0.4, -0.2) is 21.7 Å². The number of aromatic nitrogens is 2. The summed E-state index contributed by atoms with van der Waals surface area (Å²) in [7, 11) is 0. The van der Waals surface area contributed by atoms with E-state index in [0.29, 0.717) is 5.75 Å². The van der Waals surface area contributed by atoms with E-state index in [2.05, 4.69) is 43.3 Å². The molecule has 0 bridgehead atoms. The third kappa shape index (κ3) is 4.60. The van der Waals surface area contributed by atoms with Crippen molar-refractivity contribution in [1.29, 1.82) is 0 Å². The highest BCUT2D eigenvalue weighted by Gasteiger charge is 2.45. The van der Waals surface area contributed by atoms with Crippen LogP contribution in [0.1, 0.15) is 55.0 Å². The van der Waals surface area contributed by atoms with Gasteiger partial charge in [0, 0.05) is 10.8 Å². The van der Waals surface area contributed by atoms with E-state index in [4.69, 9.17) is 4.74 Å². The minimum Gasteiger partial charge on any atom is -0.484 e. The van der Waals surface area contributed by atoms with Gasteiger partial charge in [-0.2, -0.15) is 5.10 Å². The molecule has 4 aromatic rings. The molecule has 186 valence electrons. The van der Waals surface area contributed by atoms with Gasteiger partial charge in [-0.15, -0.1) is 0 Å². The van der Waals surface area contributed by atoms with Crippen LogP contribution in [0.5, 0.6) is 5.75 Å². The second-order valence-electron chi connectivity index (χ2n) is 10.4. The third-order valence-corrected chi connectivity index (χ3v) is 7.42. The average Bonchev–Trinajstić information content (AvgIpc) is 3.47. The van der Waals surface area contributed by atoms with Gasteiger partial charge in [-0.05, 0) is 105 Å². The fraction of sp³-hybridized carbons (Fsp3) is 0.333. The minimum absolute atomic E-state index is 0.0844. The van der Waals surface area contributed by atoms with Crippen LogP contribution in [0.4, 0.5) is 4.39 Å². The summed E-state index contributed by atoms with van der Waals surface area (Å²) in [6.07, 6.45) is 3.27. The summed E-state index contributed by atoms with van der Waals surface area (Å²) in [5.41, 5.74) is 6.04. The second kappa shape index (κ2) is 9.08. The van der Waals surface area contributed by atoms with E-state index >= 15 is 0 Å². The number of benzene rings is 3. The Hall–Kier alpha value is -3.67. The standard InChI is InChI=1S/C30H32FN3O2/c1-18-14-20(3)26(15-19(18)2)28(21(4)33-29(35)30(5)12-13-30)36-25-10-11-27-22(16-25)17-32-34(27)24-8-6-23(31)7-9-24/h6-11,14-17,21,28H,12-13H2,1-5H3,(H,33,35)/t21-,28+/m0/s1. The Bertz CT molecular complexity index is 1440. The van der Waals surface area contributed by atoms with Crippen LogP contribution in [0.25, 0.3) is 16.6 Å². The Morgan fingerprint density at radius 3 is 2.42 bits per heavy atom. The first kappa shape index (κ1) is 24.0. The maximum absolute atomic E-state index is 13.4. The summed E-state index contributed by atoms with van der Waals surface area (Å²) >= 11 is 0. The topological polar surface area (TPSA) is 56.1 Å². The number of halogens is 1. The van der Waals surface area contributed by atoms with E-state index < -0.39 is 0 Å². The molecule has 0 aliphatic heterocycles.